The van der Waals surface area contributed by atoms with Crippen molar-refractivity contribution >= 4 is 29.0 Å². The quantitative estimate of drug-likeness (QED) is 0.784. The van der Waals surface area contributed by atoms with Crippen LogP contribution in [0.1, 0.15) is 22.4 Å². The number of thiazole rings is 1. The Hall–Kier alpha value is -1.63. The van der Waals surface area contributed by atoms with Crippen LogP contribution in [0.5, 0.6) is 0 Å². The van der Waals surface area contributed by atoms with E-state index in [1.54, 1.807) is 37.4 Å². The summed E-state index contributed by atoms with van der Waals surface area (Å²) in [7, 11) is 0. The van der Waals surface area contributed by atoms with Gasteiger partial charge < -0.3 is 15.7 Å². The van der Waals surface area contributed by atoms with Gasteiger partial charge in [-0.05, 0) is 19.9 Å². The zero-order chi connectivity index (χ0) is 16.2. The van der Waals surface area contributed by atoms with Crippen LogP contribution < -0.4 is 10.6 Å². The van der Waals surface area contributed by atoms with Gasteiger partial charge in [-0.2, -0.15) is 0 Å². The molecule has 7 heteroatoms. The second kappa shape index (κ2) is 7.09. The van der Waals surface area contributed by atoms with Crippen LogP contribution in [0, 0.1) is 6.92 Å². The number of nitrogens with one attached hydrogen (secondary N) is 2. The maximum Gasteiger partial charge on any atom is 0.315 e. The molecule has 5 nitrogen and oxygen atoms in total. The molecule has 0 fully saturated rings. The fourth-order valence-electron chi connectivity index (χ4n) is 1.95. The fourth-order valence-corrected chi connectivity index (χ4v) is 3.01. The molecule has 1 atom stereocenters. The Balaban J connectivity index is 1.86. The van der Waals surface area contributed by atoms with E-state index in [4.69, 9.17) is 11.6 Å². The molecule has 0 bridgehead atoms. The van der Waals surface area contributed by atoms with Gasteiger partial charge in [-0.25, -0.2) is 9.78 Å². The fraction of sp³-hybridized carbons (Fsp3) is 0.333. The van der Waals surface area contributed by atoms with Crippen LogP contribution in [0.25, 0.3) is 0 Å². The molecule has 22 heavy (non-hydrogen) atoms. The Morgan fingerprint density at radius 3 is 2.77 bits per heavy atom. The highest BCUT2D eigenvalue weighted by molar-refractivity contribution is 7.11. The lowest BCUT2D eigenvalue weighted by Gasteiger charge is -2.25. The summed E-state index contributed by atoms with van der Waals surface area (Å²) in [5.74, 6) is 0. The summed E-state index contributed by atoms with van der Waals surface area (Å²) in [5, 5.41) is 17.1. The summed E-state index contributed by atoms with van der Waals surface area (Å²) in [4.78, 5) is 17.1. The summed E-state index contributed by atoms with van der Waals surface area (Å²) in [6.45, 7) is 3.98. The maximum absolute atomic E-state index is 11.8. The van der Waals surface area contributed by atoms with Crippen LogP contribution in [-0.2, 0) is 12.1 Å². The molecule has 1 unspecified atom stereocenters. The number of carbonyl (C=O) groups excluding carboxylic acids is 1. The van der Waals surface area contributed by atoms with E-state index in [0.29, 0.717) is 17.1 Å². The van der Waals surface area contributed by atoms with Gasteiger partial charge in [0.2, 0.25) is 0 Å². The first-order chi connectivity index (χ1) is 10.4. The molecule has 1 heterocycles. The molecular weight excluding hydrogens is 322 g/mol. The first kappa shape index (κ1) is 16.7. The highest BCUT2D eigenvalue weighted by atomic mass is 35.5. The molecule has 0 aliphatic carbocycles. The third-order valence-corrected chi connectivity index (χ3v) is 4.36. The molecule has 118 valence electrons. The zero-order valence-electron chi connectivity index (χ0n) is 12.4. The molecule has 2 amide bonds. The lowest BCUT2D eigenvalue weighted by Crippen LogP contribution is -2.43. The van der Waals surface area contributed by atoms with Crippen molar-refractivity contribution in [2.75, 3.05) is 6.54 Å². The second-order valence-electron chi connectivity index (χ2n) is 5.15. The molecule has 0 aliphatic rings. The number of aliphatic hydroxyl groups is 1. The number of aromatic nitrogens is 1. The number of hydrogen-bond donors (Lipinski definition) is 3. The van der Waals surface area contributed by atoms with Gasteiger partial charge in [-0.1, -0.05) is 29.8 Å². The van der Waals surface area contributed by atoms with Crippen molar-refractivity contribution in [1.82, 2.24) is 15.6 Å². The van der Waals surface area contributed by atoms with Crippen LogP contribution >= 0.6 is 22.9 Å². The van der Waals surface area contributed by atoms with Crippen molar-refractivity contribution in [3.05, 3.63) is 50.9 Å². The monoisotopic (exact) mass is 339 g/mol. The topological polar surface area (TPSA) is 74.2 Å². The second-order valence-corrected chi connectivity index (χ2v) is 6.88. The van der Waals surface area contributed by atoms with Crippen molar-refractivity contribution < 1.29 is 9.90 Å². The molecule has 0 radical (unpaired) electrons. The average molecular weight is 340 g/mol. The number of urea groups is 1. The first-order valence-corrected chi connectivity index (χ1v) is 7.98. The predicted octanol–water partition coefficient (Wildman–Crippen LogP) is 2.81. The van der Waals surface area contributed by atoms with Crippen molar-refractivity contribution in [1.29, 1.82) is 0 Å². The van der Waals surface area contributed by atoms with Crippen LogP contribution in [0.4, 0.5) is 4.79 Å². The lowest BCUT2D eigenvalue weighted by molar-refractivity contribution is 0.0595. The number of rotatable bonds is 5. The van der Waals surface area contributed by atoms with Gasteiger partial charge in [0.15, 0.2) is 0 Å². The predicted molar refractivity (Wildman–Crippen MR) is 88.1 cm³/mol. The lowest BCUT2D eigenvalue weighted by atomic mass is 9.96. The number of halogens is 1. The van der Waals surface area contributed by atoms with Crippen molar-refractivity contribution in [3.8, 4) is 0 Å². The molecule has 0 saturated carbocycles. The van der Waals surface area contributed by atoms with Crippen LogP contribution in [0.2, 0.25) is 5.02 Å². The number of hydrogen-bond acceptors (Lipinski definition) is 4. The maximum atomic E-state index is 11.8. The molecule has 0 aliphatic heterocycles. The number of nitrogens with zero attached hydrogens (tertiary/aromatic N) is 1. The minimum absolute atomic E-state index is 0.0550. The minimum atomic E-state index is -1.24. The molecule has 0 spiro atoms. The van der Waals surface area contributed by atoms with Crippen molar-refractivity contribution in [2.45, 2.75) is 26.0 Å². The molecular formula is C15H18ClN3O2S. The Morgan fingerprint density at radius 2 is 2.14 bits per heavy atom. The van der Waals surface area contributed by atoms with Crippen LogP contribution in [0.3, 0.4) is 0 Å². The Bertz CT molecular complexity index is 658. The minimum Gasteiger partial charge on any atom is -0.384 e. The number of amides is 2. The zero-order valence-corrected chi connectivity index (χ0v) is 14.0. The highest BCUT2D eigenvalue weighted by Crippen LogP contribution is 2.27. The summed E-state index contributed by atoms with van der Waals surface area (Å²) in [6, 6.07) is 6.66. The number of benzene rings is 1. The third kappa shape index (κ3) is 4.43. The number of aryl methyl sites for hydroxylation is 1. The third-order valence-electron chi connectivity index (χ3n) is 3.12. The van der Waals surface area contributed by atoms with Gasteiger partial charge in [-0.15, -0.1) is 11.3 Å². The smallest absolute Gasteiger partial charge is 0.315 e. The van der Waals surface area contributed by atoms with Gasteiger partial charge in [-0.3, -0.25) is 0 Å². The van der Waals surface area contributed by atoms with Crippen molar-refractivity contribution in [3.63, 3.8) is 0 Å². The molecule has 2 rings (SSSR count). The Kier molecular flexibility index (Phi) is 5.39. The molecule has 1 aromatic carbocycles. The Morgan fingerprint density at radius 1 is 1.41 bits per heavy atom. The molecule has 2 aromatic rings. The normalized spacial score (nSPS) is 13.5. The summed E-state index contributed by atoms with van der Waals surface area (Å²) >= 11 is 7.60. The first-order valence-electron chi connectivity index (χ1n) is 6.79. The molecule has 0 saturated heterocycles. The van der Waals surface area contributed by atoms with E-state index in [2.05, 4.69) is 15.6 Å². The van der Waals surface area contributed by atoms with Gasteiger partial charge in [0, 0.05) is 21.7 Å². The summed E-state index contributed by atoms with van der Waals surface area (Å²) in [5.41, 5.74) is -0.666. The van der Waals surface area contributed by atoms with Gasteiger partial charge in [0.25, 0.3) is 0 Å². The van der Waals surface area contributed by atoms with E-state index in [0.717, 1.165) is 9.88 Å². The van der Waals surface area contributed by atoms with Crippen molar-refractivity contribution in [2.24, 2.45) is 0 Å². The van der Waals surface area contributed by atoms with Gasteiger partial charge in [0.05, 0.1) is 13.1 Å². The van der Waals surface area contributed by atoms with E-state index in [1.165, 1.54) is 11.3 Å². The van der Waals surface area contributed by atoms with E-state index < -0.39 is 5.60 Å². The highest BCUT2D eigenvalue weighted by Gasteiger charge is 2.26. The average Bonchev–Trinajstić information content (AvgIpc) is 2.89. The van der Waals surface area contributed by atoms with E-state index >= 15 is 0 Å². The van der Waals surface area contributed by atoms with E-state index in [9.17, 15) is 9.90 Å². The van der Waals surface area contributed by atoms with Crippen LogP contribution in [-0.4, -0.2) is 22.7 Å². The van der Waals surface area contributed by atoms with E-state index in [-0.39, 0.29) is 12.6 Å². The molecule has 1 aromatic heterocycles. The van der Waals surface area contributed by atoms with Crippen LogP contribution in [0.15, 0.2) is 30.5 Å². The SMILES string of the molecule is Cc1cnc(CNC(=O)NCC(C)(O)c2ccccc2Cl)s1. The van der Waals surface area contributed by atoms with Gasteiger partial charge in [0.1, 0.15) is 10.6 Å². The largest absolute Gasteiger partial charge is 0.384 e. The number of carbonyl (C=O) groups is 1. The standard InChI is InChI=1S/C15H18ClN3O2S/c1-10-7-17-13(22-10)8-18-14(20)19-9-15(2,21)11-5-3-4-6-12(11)16/h3-7,21H,8-9H2,1-2H3,(H2,18,19,20). The van der Waals surface area contributed by atoms with E-state index in [1.807, 2.05) is 6.92 Å². The van der Waals surface area contributed by atoms with Gasteiger partial charge >= 0.3 is 6.03 Å². The Labute approximate surface area is 138 Å². The summed E-state index contributed by atoms with van der Waals surface area (Å²) in [6.07, 6.45) is 1.77. The summed E-state index contributed by atoms with van der Waals surface area (Å²) < 4.78 is 0. The molecule has 3 N–H and O–H groups in total.